The van der Waals surface area contributed by atoms with Crippen molar-refractivity contribution >= 4 is 16.0 Å². The fraction of sp³-hybridized carbons (Fsp3) is 0.409. The van der Waals surface area contributed by atoms with Crippen LogP contribution in [0.1, 0.15) is 38.3 Å². The Hall–Kier alpha value is -2.98. The van der Waals surface area contributed by atoms with Gasteiger partial charge in [0.15, 0.2) is 0 Å². The van der Waals surface area contributed by atoms with Crippen LogP contribution in [0.4, 0.5) is 5.95 Å². The first-order chi connectivity index (χ1) is 15.0. The summed E-state index contributed by atoms with van der Waals surface area (Å²) >= 11 is 0. The van der Waals surface area contributed by atoms with Crippen molar-refractivity contribution < 1.29 is 18.3 Å². The number of aromatic nitrogens is 4. The molecule has 172 valence electrons. The zero-order valence-corrected chi connectivity index (χ0v) is 19.8. The molecule has 0 aliphatic rings. The molecular weight excluding hydrogens is 430 g/mol. The van der Waals surface area contributed by atoms with E-state index in [1.54, 1.807) is 20.9 Å². The van der Waals surface area contributed by atoms with E-state index >= 15 is 0 Å². The topological polar surface area (TPSA) is 119 Å². The van der Waals surface area contributed by atoms with E-state index in [0.717, 1.165) is 16.7 Å². The van der Waals surface area contributed by atoms with Gasteiger partial charge in [0.25, 0.3) is 10.0 Å². The van der Waals surface area contributed by atoms with E-state index in [0.29, 0.717) is 18.5 Å². The molecule has 0 saturated heterocycles. The Bertz CT molecular complexity index is 1200. The third-order valence-corrected chi connectivity index (χ3v) is 6.18. The Balaban J connectivity index is 2.07. The number of ether oxygens (including phenoxy) is 1. The second kappa shape index (κ2) is 9.25. The molecule has 0 atom stereocenters. The summed E-state index contributed by atoms with van der Waals surface area (Å²) in [6.07, 6.45) is 3.62. The lowest BCUT2D eigenvalue weighted by atomic mass is 10.0. The molecule has 1 aromatic carbocycles. The van der Waals surface area contributed by atoms with Gasteiger partial charge in [0.1, 0.15) is 4.90 Å². The second-order valence-electron chi connectivity index (χ2n) is 8.21. The van der Waals surface area contributed by atoms with Crippen LogP contribution in [0.3, 0.4) is 0 Å². The standard InChI is InChI=1S/C22H29N5O4S/c1-6-17-19(18-10-8-7-9-15(18)2)24-21(25-20(17)31-12-11-22(3,4)28)26-32(29,30)16-13-23-27(5)14-16/h7-10,13-14,28H,6,11-12H2,1-5H3,(H,24,25,26). The van der Waals surface area contributed by atoms with Gasteiger partial charge in [-0.15, -0.1) is 0 Å². The molecule has 0 saturated carbocycles. The van der Waals surface area contributed by atoms with Crippen molar-refractivity contribution in [2.45, 2.75) is 51.0 Å². The van der Waals surface area contributed by atoms with Crippen LogP contribution >= 0.6 is 0 Å². The van der Waals surface area contributed by atoms with Gasteiger partial charge in [0, 0.05) is 30.8 Å². The van der Waals surface area contributed by atoms with Crippen molar-refractivity contribution in [1.82, 2.24) is 19.7 Å². The quantitative estimate of drug-likeness (QED) is 0.505. The first-order valence-electron chi connectivity index (χ1n) is 10.3. The number of anilines is 1. The van der Waals surface area contributed by atoms with Gasteiger partial charge in [-0.25, -0.2) is 18.1 Å². The van der Waals surface area contributed by atoms with Crippen molar-refractivity contribution in [2.24, 2.45) is 7.05 Å². The van der Waals surface area contributed by atoms with Crippen molar-refractivity contribution in [3.63, 3.8) is 0 Å². The zero-order chi connectivity index (χ0) is 23.5. The minimum Gasteiger partial charge on any atom is -0.477 e. The maximum absolute atomic E-state index is 12.8. The van der Waals surface area contributed by atoms with E-state index < -0.39 is 15.6 Å². The Labute approximate surface area is 188 Å². The average molecular weight is 460 g/mol. The smallest absolute Gasteiger partial charge is 0.267 e. The van der Waals surface area contributed by atoms with Gasteiger partial charge < -0.3 is 9.84 Å². The molecule has 32 heavy (non-hydrogen) atoms. The molecule has 0 aliphatic carbocycles. The molecule has 0 spiro atoms. The summed E-state index contributed by atoms with van der Waals surface area (Å²) in [7, 11) is -2.30. The second-order valence-corrected chi connectivity index (χ2v) is 9.90. The van der Waals surface area contributed by atoms with Crippen molar-refractivity contribution in [3.05, 3.63) is 47.8 Å². The lowest BCUT2D eigenvalue weighted by Gasteiger charge is -2.19. The van der Waals surface area contributed by atoms with Crippen LogP contribution in [0.15, 0.2) is 41.6 Å². The molecule has 2 aromatic heterocycles. The van der Waals surface area contributed by atoms with Gasteiger partial charge in [-0.2, -0.15) is 10.1 Å². The predicted octanol–water partition coefficient (Wildman–Crippen LogP) is 3.09. The van der Waals surface area contributed by atoms with Crippen LogP contribution in [0, 0.1) is 6.92 Å². The van der Waals surface area contributed by atoms with Gasteiger partial charge >= 0.3 is 0 Å². The number of hydrogen-bond acceptors (Lipinski definition) is 7. The molecule has 2 heterocycles. The van der Waals surface area contributed by atoms with E-state index in [1.165, 1.54) is 17.1 Å². The molecule has 0 fully saturated rings. The molecule has 0 aliphatic heterocycles. The lowest BCUT2D eigenvalue weighted by molar-refractivity contribution is 0.0545. The molecule has 0 unspecified atom stereocenters. The normalized spacial score (nSPS) is 12.1. The molecule has 0 radical (unpaired) electrons. The fourth-order valence-corrected chi connectivity index (χ4v) is 4.05. The molecule has 2 N–H and O–H groups in total. The number of rotatable bonds is 9. The SMILES string of the molecule is CCc1c(OCCC(C)(C)O)nc(NS(=O)(=O)c2cnn(C)c2)nc1-c1ccccc1C. The summed E-state index contributed by atoms with van der Waals surface area (Å²) in [6.45, 7) is 7.54. The Morgan fingerprint density at radius 1 is 1.22 bits per heavy atom. The Kier molecular flexibility index (Phi) is 6.85. The maximum atomic E-state index is 12.8. The van der Waals surface area contributed by atoms with Gasteiger partial charge in [-0.3, -0.25) is 4.68 Å². The molecule has 3 rings (SSSR count). The van der Waals surface area contributed by atoms with E-state index in [2.05, 4.69) is 19.8 Å². The fourth-order valence-electron chi connectivity index (χ4n) is 3.12. The monoisotopic (exact) mass is 459 g/mol. The number of sulfonamides is 1. The summed E-state index contributed by atoms with van der Waals surface area (Å²) < 4.78 is 35.4. The number of nitrogens with zero attached hydrogens (tertiary/aromatic N) is 4. The van der Waals surface area contributed by atoms with Crippen molar-refractivity contribution in [2.75, 3.05) is 11.3 Å². The van der Waals surface area contributed by atoms with E-state index in [1.807, 2.05) is 38.1 Å². The van der Waals surface area contributed by atoms with E-state index in [9.17, 15) is 13.5 Å². The molecule has 0 amide bonds. The highest BCUT2D eigenvalue weighted by molar-refractivity contribution is 7.92. The van der Waals surface area contributed by atoms with E-state index in [4.69, 9.17) is 4.74 Å². The maximum Gasteiger partial charge on any atom is 0.267 e. The van der Waals surface area contributed by atoms with Crippen LogP contribution in [-0.2, 0) is 23.5 Å². The minimum atomic E-state index is -3.94. The zero-order valence-electron chi connectivity index (χ0n) is 19.0. The van der Waals surface area contributed by atoms with Crippen molar-refractivity contribution in [1.29, 1.82) is 0 Å². The molecule has 10 heteroatoms. The third-order valence-electron chi connectivity index (χ3n) is 4.89. The number of benzene rings is 1. The van der Waals surface area contributed by atoms with Crippen LogP contribution in [0.5, 0.6) is 5.88 Å². The number of hydrogen-bond donors (Lipinski definition) is 2. The summed E-state index contributed by atoms with van der Waals surface area (Å²) in [5.74, 6) is 0.191. The van der Waals surface area contributed by atoms with Crippen molar-refractivity contribution in [3.8, 4) is 17.1 Å². The van der Waals surface area contributed by atoms with Gasteiger partial charge in [0.2, 0.25) is 11.8 Å². The predicted molar refractivity (Wildman–Crippen MR) is 122 cm³/mol. The Morgan fingerprint density at radius 2 is 1.94 bits per heavy atom. The van der Waals surface area contributed by atoms with Gasteiger partial charge in [0.05, 0.1) is 24.1 Å². The van der Waals surface area contributed by atoms with E-state index in [-0.39, 0.29) is 23.3 Å². The van der Waals surface area contributed by atoms with Gasteiger partial charge in [-0.1, -0.05) is 31.2 Å². The third kappa shape index (κ3) is 5.63. The molecule has 9 nitrogen and oxygen atoms in total. The molecule has 3 aromatic rings. The Morgan fingerprint density at radius 3 is 2.53 bits per heavy atom. The molecule has 0 bridgehead atoms. The van der Waals surface area contributed by atoms with Crippen LogP contribution in [0.2, 0.25) is 0 Å². The average Bonchev–Trinajstić information content (AvgIpc) is 3.14. The van der Waals surface area contributed by atoms with Crippen LogP contribution in [-0.4, -0.2) is 45.5 Å². The lowest BCUT2D eigenvalue weighted by Crippen LogP contribution is -2.22. The first-order valence-corrected chi connectivity index (χ1v) is 11.8. The first kappa shape index (κ1) is 23.7. The number of aryl methyl sites for hydroxylation is 2. The molecular formula is C22H29N5O4S. The summed E-state index contributed by atoms with van der Waals surface area (Å²) in [5, 5.41) is 13.9. The van der Waals surface area contributed by atoms with Crippen LogP contribution in [0.25, 0.3) is 11.3 Å². The summed E-state index contributed by atoms with van der Waals surface area (Å²) in [5.41, 5.74) is 2.32. The number of aliphatic hydroxyl groups is 1. The highest BCUT2D eigenvalue weighted by atomic mass is 32.2. The summed E-state index contributed by atoms with van der Waals surface area (Å²) in [4.78, 5) is 8.92. The highest BCUT2D eigenvalue weighted by Crippen LogP contribution is 2.32. The summed E-state index contributed by atoms with van der Waals surface area (Å²) in [6, 6.07) is 7.72. The largest absolute Gasteiger partial charge is 0.477 e. The van der Waals surface area contributed by atoms with Gasteiger partial charge in [-0.05, 0) is 32.8 Å². The number of nitrogens with one attached hydrogen (secondary N) is 1. The van der Waals surface area contributed by atoms with Crippen LogP contribution < -0.4 is 9.46 Å². The highest BCUT2D eigenvalue weighted by Gasteiger charge is 2.23. The minimum absolute atomic E-state index is 0.00473.